The monoisotopic (exact) mass is 448 g/mol. The number of urea groups is 1. The highest BCUT2D eigenvalue weighted by Gasteiger charge is 2.15. The van der Waals surface area contributed by atoms with Gasteiger partial charge < -0.3 is 21.1 Å². The van der Waals surface area contributed by atoms with E-state index >= 15 is 0 Å². The molecule has 1 atom stereocenters. The number of pyridine rings is 1. The Kier molecular flexibility index (Phi) is 6.64. The summed E-state index contributed by atoms with van der Waals surface area (Å²) in [6.07, 6.45) is 4.91. The van der Waals surface area contributed by atoms with E-state index in [0.717, 1.165) is 11.4 Å². The number of nitrogens with one attached hydrogen (secondary N) is 3. The summed E-state index contributed by atoms with van der Waals surface area (Å²) in [5, 5.41) is 23.2. The first kappa shape index (κ1) is 21.4. The molecule has 32 heavy (non-hydrogen) atoms. The summed E-state index contributed by atoms with van der Waals surface area (Å²) in [6.45, 7) is -0.263. The highest BCUT2D eigenvalue weighted by atomic mass is 35.5. The molecule has 4 N–H and O–H groups in total. The maximum atomic E-state index is 12.4. The summed E-state index contributed by atoms with van der Waals surface area (Å²) in [5.41, 5.74) is 2.91. The third-order valence-corrected chi connectivity index (χ3v) is 4.87. The van der Waals surface area contributed by atoms with Crippen molar-refractivity contribution in [1.82, 2.24) is 20.1 Å². The number of aromatic nitrogens is 3. The molecule has 4 aromatic rings. The number of carbonyl (C=O) groups is 1. The average Bonchev–Trinajstić information content (AvgIpc) is 3.27. The van der Waals surface area contributed by atoms with Gasteiger partial charge in [-0.3, -0.25) is 0 Å². The minimum atomic E-state index is -0.587. The first-order valence-electron chi connectivity index (χ1n) is 9.88. The van der Waals surface area contributed by atoms with Gasteiger partial charge in [0.2, 0.25) is 0 Å². The van der Waals surface area contributed by atoms with Crippen LogP contribution in [0.4, 0.5) is 22.0 Å². The van der Waals surface area contributed by atoms with Gasteiger partial charge in [-0.1, -0.05) is 41.9 Å². The van der Waals surface area contributed by atoms with Crippen molar-refractivity contribution in [2.45, 2.75) is 6.04 Å². The van der Waals surface area contributed by atoms with E-state index < -0.39 is 12.1 Å². The molecular formula is C23H21ClN6O2. The fourth-order valence-corrected chi connectivity index (χ4v) is 3.31. The van der Waals surface area contributed by atoms with Crippen LogP contribution in [-0.2, 0) is 0 Å². The van der Waals surface area contributed by atoms with Crippen LogP contribution in [0.3, 0.4) is 0 Å². The molecule has 2 heterocycles. The van der Waals surface area contributed by atoms with E-state index in [9.17, 15) is 9.90 Å². The molecular weight excluding hydrogens is 428 g/mol. The van der Waals surface area contributed by atoms with Crippen molar-refractivity contribution in [1.29, 1.82) is 0 Å². The number of carbonyl (C=O) groups excluding carboxylic acids is 1. The number of aliphatic hydroxyl groups excluding tert-OH is 1. The maximum Gasteiger partial charge on any atom is 0.319 e. The summed E-state index contributed by atoms with van der Waals surface area (Å²) in [7, 11) is 0. The van der Waals surface area contributed by atoms with Gasteiger partial charge in [-0.25, -0.2) is 14.5 Å². The molecule has 2 aromatic heterocycles. The zero-order chi connectivity index (χ0) is 22.3. The standard InChI is InChI=1S/C23H21ClN6O2/c24-17-6-4-5-16(11-17)21(15-31)29-23(32)28-19-13-26-30(14-19)20-9-10-25-22(12-20)27-18-7-2-1-3-8-18/h1-14,21,31H,15H2,(H,25,27)(H2,28,29,32)/t21-/m1/s1. The lowest BCUT2D eigenvalue weighted by Gasteiger charge is -2.17. The molecule has 0 bridgehead atoms. The quantitative estimate of drug-likeness (QED) is 0.333. The fraction of sp³-hybridized carbons (Fsp3) is 0.0870. The predicted molar refractivity (Wildman–Crippen MR) is 125 cm³/mol. The second-order valence-electron chi connectivity index (χ2n) is 6.95. The number of hydrogen-bond acceptors (Lipinski definition) is 5. The van der Waals surface area contributed by atoms with Crippen molar-refractivity contribution in [3.63, 3.8) is 0 Å². The van der Waals surface area contributed by atoms with Crippen molar-refractivity contribution < 1.29 is 9.90 Å². The van der Waals surface area contributed by atoms with Crippen molar-refractivity contribution in [2.75, 3.05) is 17.2 Å². The number of halogens is 1. The fourth-order valence-electron chi connectivity index (χ4n) is 3.11. The van der Waals surface area contributed by atoms with E-state index in [1.54, 1.807) is 41.3 Å². The minimum Gasteiger partial charge on any atom is -0.394 e. The molecule has 4 rings (SSSR count). The van der Waals surface area contributed by atoms with Crippen LogP contribution in [0, 0.1) is 0 Å². The third kappa shape index (κ3) is 5.42. The zero-order valence-corrected chi connectivity index (χ0v) is 17.7. The number of aliphatic hydroxyl groups is 1. The smallest absolute Gasteiger partial charge is 0.319 e. The van der Waals surface area contributed by atoms with Crippen LogP contribution in [0.5, 0.6) is 0 Å². The summed E-state index contributed by atoms with van der Waals surface area (Å²) in [5.74, 6) is 0.670. The van der Waals surface area contributed by atoms with Crippen LogP contribution < -0.4 is 16.0 Å². The summed E-state index contributed by atoms with van der Waals surface area (Å²) < 4.78 is 1.63. The molecule has 0 saturated heterocycles. The molecule has 0 radical (unpaired) electrons. The Labute approximate surface area is 189 Å². The van der Waals surface area contributed by atoms with Crippen LogP contribution in [0.15, 0.2) is 85.3 Å². The maximum absolute atomic E-state index is 12.4. The molecule has 9 heteroatoms. The van der Waals surface area contributed by atoms with Crippen molar-refractivity contribution in [3.8, 4) is 5.69 Å². The molecule has 0 aliphatic rings. The lowest BCUT2D eigenvalue weighted by atomic mass is 10.1. The van der Waals surface area contributed by atoms with Gasteiger partial charge in [-0.05, 0) is 35.9 Å². The molecule has 0 aliphatic heterocycles. The molecule has 0 aliphatic carbocycles. The lowest BCUT2D eigenvalue weighted by Crippen LogP contribution is -2.34. The van der Waals surface area contributed by atoms with Gasteiger partial charge in [-0.2, -0.15) is 5.10 Å². The van der Waals surface area contributed by atoms with Crippen molar-refractivity contribution >= 4 is 34.8 Å². The number of anilines is 3. The molecule has 8 nitrogen and oxygen atoms in total. The van der Waals surface area contributed by atoms with E-state index in [-0.39, 0.29) is 6.61 Å². The van der Waals surface area contributed by atoms with E-state index in [1.807, 2.05) is 42.5 Å². The first-order valence-corrected chi connectivity index (χ1v) is 10.3. The van der Waals surface area contributed by atoms with Gasteiger partial charge in [0.25, 0.3) is 0 Å². The molecule has 0 unspecified atom stereocenters. The Morgan fingerprint density at radius 2 is 1.91 bits per heavy atom. The topological polar surface area (TPSA) is 104 Å². The number of rotatable bonds is 7. The number of benzene rings is 2. The van der Waals surface area contributed by atoms with Gasteiger partial charge in [0.15, 0.2) is 0 Å². The van der Waals surface area contributed by atoms with Crippen LogP contribution >= 0.6 is 11.6 Å². The van der Waals surface area contributed by atoms with Crippen LogP contribution in [0.25, 0.3) is 5.69 Å². The van der Waals surface area contributed by atoms with E-state index in [0.29, 0.717) is 22.1 Å². The van der Waals surface area contributed by atoms with Crippen molar-refractivity contribution in [2.24, 2.45) is 0 Å². The minimum absolute atomic E-state index is 0.263. The highest BCUT2D eigenvalue weighted by molar-refractivity contribution is 6.30. The van der Waals surface area contributed by atoms with E-state index in [1.165, 1.54) is 6.20 Å². The van der Waals surface area contributed by atoms with Crippen LogP contribution in [0.2, 0.25) is 5.02 Å². The van der Waals surface area contributed by atoms with Crippen LogP contribution in [0.1, 0.15) is 11.6 Å². The summed E-state index contributed by atoms with van der Waals surface area (Å²) in [6, 6.07) is 19.3. The second-order valence-corrected chi connectivity index (χ2v) is 7.39. The normalized spacial score (nSPS) is 11.6. The van der Waals surface area contributed by atoms with E-state index in [4.69, 9.17) is 11.6 Å². The summed E-state index contributed by atoms with van der Waals surface area (Å²) >= 11 is 6.00. The van der Waals surface area contributed by atoms with Crippen molar-refractivity contribution in [3.05, 3.63) is 95.9 Å². The number of nitrogens with zero attached hydrogens (tertiary/aromatic N) is 3. The van der Waals surface area contributed by atoms with Crippen LogP contribution in [-0.4, -0.2) is 32.5 Å². The Balaban J connectivity index is 1.41. The predicted octanol–water partition coefficient (Wildman–Crippen LogP) is 4.52. The molecule has 0 spiro atoms. The first-order chi connectivity index (χ1) is 15.6. The average molecular weight is 449 g/mol. The molecule has 162 valence electrons. The molecule has 2 amide bonds. The number of amides is 2. The SMILES string of the molecule is O=C(Nc1cnn(-c2ccnc(Nc3ccccc3)c2)c1)N[C@H](CO)c1cccc(Cl)c1. The molecule has 0 saturated carbocycles. The Hall–Kier alpha value is -3.88. The highest BCUT2D eigenvalue weighted by Crippen LogP contribution is 2.19. The zero-order valence-electron chi connectivity index (χ0n) is 16.9. The van der Waals surface area contributed by atoms with Gasteiger partial charge in [-0.15, -0.1) is 0 Å². The Bertz CT molecular complexity index is 1200. The van der Waals surface area contributed by atoms with Gasteiger partial charge in [0, 0.05) is 23.0 Å². The Morgan fingerprint density at radius 1 is 1.06 bits per heavy atom. The van der Waals surface area contributed by atoms with Gasteiger partial charge in [0.05, 0.1) is 36.4 Å². The molecule has 0 fully saturated rings. The third-order valence-electron chi connectivity index (χ3n) is 4.63. The summed E-state index contributed by atoms with van der Waals surface area (Å²) in [4.78, 5) is 16.7. The largest absolute Gasteiger partial charge is 0.394 e. The second kappa shape index (κ2) is 9.95. The van der Waals surface area contributed by atoms with E-state index in [2.05, 4.69) is 26.0 Å². The molecule has 2 aromatic carbocycles. The van der Waals surface area contributed by atoms with Gasteiger partial charge >= 0.3 is 6.03 Å². The Morgan fingerprint density at radius 3 is 2.69 bits per heavy atom. The number of hydrogen-bond donors (Lipinski definition) is 4. The number of para-hydroxylation sites is 1. The lowest BCUT2D eigenvalue weighted by molar-refractivity contribution is 0.225. The van der Waals surface area contributed by atoms with Gasteiger partial charge in [0.1, 0.15) is 5.82 Å².